The predicted molar refractivity (Wildman–Crippen MR) is 148 cm³/mol. The molecule has 4 aromatic rings. The Bertz CT molecular complexity index is 1510. The summed E-state index contributed by atoms with van der Waals surface area (Å²) in [5.41, 5.74) is 4.79. The molecule has 0 aliphatic carbocycles. The first kappa shape index (κ1) is 25.4. The highest BCUT2D eigenvalue weighted by atomic mass is 16.6. The molecule has 9 heteroatoms. The first-order valence-electron chi connectivity index (χ1n) is 12.7. The number of fused-ring (bicyclic) bond motifs is 1. The molecule has 0 unspecified atom stereocenters. The van der Waals surface area contributed by atoms with Gasteiger partial charge in [-0.15, -0.1) is 0 Å². The van der Waals surface area contributed by atoms with Gasteiger partial charge in [0.25, 0.3) is 5.56 Å². The Hall–Kier alpha value is -4.24. The third-order valence-corrected chi connectivity index (χ3v) is 6.38. The summed E-state index contributed by atoms with van der Waals surface area (Å²) in [6, 6.07) is 14.2. The van der Waals surface area contributed by atoms with Crippen molar-refractivity contribution >= 4 is 29.3 Å². The number of ether oxygens (including phenoxy) is 1. The zero-order valence-electron chi connectivity index (χ0n) is 21.9. The van der Waals surface area contributed by atoms with Gasteiger partial charge in [0.2, 0.25) is 0 Å². The van der Waals surface area contributed by atoms with Crippen LogP contribution < -0.4 is 5.56 Å². The van der Waals surface area contributed by atoms with Crippen LogP contribution in [0.4, 0.5) is 4.79 Å². The standard InChI is InChI=1S/C29H32N6O3/c1-29(2,3)38-28(37)35-14-12-34(13-15-35)18-21-6-4-20(5-7-21)8-9-23-16-22(10-11-30-23)25-17-24-26(33-25)31-19-32-27(24)36/h4-11,16-17,19H,12-15,18H2,1-3H3,(H2,31,32,33,36). The molecule has 0 bridgehead atoms. The molecule has 4 heterocycles. The molecular formula is C29H32N6O3. The molecule has 0 atom stereocenters. The summed E-state index contributed by atoms with van der Waals surface area (Å²) >= 11 is 0. The second kappa shape index (κ2) is 10.6. The number of aromatic amines is 2. The van der Waals surface area contributed by atoms with E-state index in [4.69, 9.17) is 4.74 Å². The number of nitrogens with one attached hydrogen (secondary N) is 2. The number of H-pyrrole nitrogens is 2. The van der Waals surface area contributed by atoms with Crippen LogP contribution in [0.3, 0.4) is 0 Å². The molecule has 1 aliphatic heterocycles. The van der Waals surface area contributed by atoms with Crippen LogP contribution in [0, 0.1) is 0 Å². The fourth-order valence-electron chi connectivity index (χ4n) is 4.40. The molecule has 0 radical (unpaired) electrons. The largest absolute Gasteiger partial charge is 0.444 e. The molecule has 1 fully saturated rings. The fraction of sp³-hybridized carbons (Fsp3) is 0.310. The van der Waals surface area contributed by atoms with Gasteiger partial charge in [-0.3, -0.25) is 14.7 Å². The number of carbonyl (C=O) groups is 1. The highest BCUT2D eigenvalue weighted by molar-refractivity contribution is 5.82. The zero-order chi connectivity index (χ0) is 26.7. The zero-order valence-corrected chi connectivity index (χ0v) is 21.9. The lowest BCUT2D eigenvalue weighted by Gasteiger charge is -2.35. The molecule has 1 aliphatic rings. The normalized spacial score (nSPS) is 14.9. The fourth-order valence-corrected chi connectivity index (χ4v) is 4.40. The molecule has 1 amide bonds. The van der Waals surface area contributed by atoms with Crippen LogP contribution in [-0.2, 0) is 11.3 Å². The molecule has 5 rings (SSSR count). The maximum atomic E-state index is 12.3. The summed E-state index contributed by atoms with van der Waals surface area (Å²) in [4.78, 5) is 42.9. The summed E-state index contributed by atoms with van der Waals surface area (Å²) in [5, 5.41) is 0.529. The number of hydrogen-bond donors (Lipinski definition) is 2. The highest BCUT2D eigenvalue weighted by Gasteiger charge is 2.25. The number of amides is 1. The van der Waals surface area contributed by atoms with E-state index in [2.05, 4.69) is 49.1 Å². The molecule has 0 saturated carbocycles. The Balaban J connectivity index is 1.17. The molecule has 0 spiro atoms. The van der Waals surface area contributed by atoms with Gasteiger partial charge < -0.3 is 19.6 Å². The topological polar surface area (TPSA) is 107 Å². The van der Waals surface area contributed by atoms with Gasteiger partial charge in [0.15, 0.2) is 0 Å². The van der Waals surface area contributed by atoms with E-state index in [1.54, 1.807) is 17.2 Å². The quantitative estimate of drug-likeness (QED) is 0.407. The lowest BCUT2D eigenvalue weighted by atomic mass is 10.1. The first-order valence-corrected chi connectivity index (χ1v) is 12.7. The van der Waals surface area contributed by atoms with Crippen LogP contribution in [0.5, 0.6) is 0 Å². The molecule has 1 saturated heterocycles. The van der Waals surface area contributed by atoms with E-state index in [0.717, 1.165) is 42.1 Å². The average Bonchev–Trinajstić information content (AvgIpc) is 3.34. The Morgan fingerprint density at radius 1 is 1.03 bits per heavy atom. The third kappa shape index (κ3) is 6.18. The number of benzene rings is 1. The lowest BCUT2D eigenvalue weighted by Crippen LogP contribution is -2.49. The van der Waals surface area contributed by atoms with Crippen molar-refractivity contribution in [1.29, 1.82) is 0 Å². The number of carbonyl (C=O) groups excluding carboxylic acids is 1. The van der Waals surface area contributed by atoms with E-state index in [1.165, 1.54) is 11.9 Å². The molecule has 38 heavy (non-hydrogen) atoms. The van der Waals surface area contributed by atoms with E-state index in [0.29, 0.717) is 24.1 Å². The first-order chi connectivity index (χ1) is 18.2. The van der Waals surface area contributed by atoms with Crippen LogP contribution in [0.15, 0.2) is 59.8 Å². The molecule has 2 N–H and O–H groups in total. The highest BCUT2D eigenvalue weighted by Crippen LogP contribution is 2.22. The minimum Gasteiger partial charge on any atom is -0.444 e. The second-order valence-corrected chi connectivity index (χ2v) is 10.5. The Labute approximate surface area is 221 Å². The molecule has 196 valence electrons. The van der Waals surface area contributed by atoms with Crippen molar-refractivity contribution in [1.82, 2.24) is 29.7 Å². The van der Waals surface area contributed by atoms with Gasteiger partial charge >= 0.3 is 6.09 Å². The SMILES string of the molecule is CC(C)(C)OC(=O)N1CCN(Cc2ccc(C=Cc3cc(-c4cc5c(=O)[nH]cnc5[nH]4)ccn3)cc2)CC1. The van der Waals surface area contributed by atoms with Crippen molar-refractivity contribution in [3.05, 3.63) is 82.2 Å². The maximum Gasteiger partial charge on any atom is 0.410 e. The summed E-state index contributed by atoms with van der Waals surface area (Å²) in [6.45, 7) is 9.51. The average molecular weight is 513 g/mol. The van der Waals surface area contributed by atoms with Crippen LogP contribution in [0.1, 0.15) is 37.6 Å². The van der Waals surface area contributed by atoms with Gasteiger partial charge in [-0.05, 0) is 56.2 Å². The number of piperazine rings is 1. The number of rotatable bonds is 5. The number of pyridine rings is 1. The van der Waals surface area contributed by atoms with Gasteiger partial charge in [0, 0.05) is 50.2 Å². The predicted octanol–water partition coefficient (Wildman–Crippen LogP) is 4.54. The van der Waals surface area contributed by atoms with Crippen molar-refractivity contribution in [2.45, 2.75) is 32.9 Å². The van der Waals surface area contributed by atoms with Crippen molar-refractivity contribution < 1.29 is 9.53 Å². The smallest absolute Gasteiger partial charge is 0.410 e. The minimum absolute atomic E-state index is 0.168. The van der Waals surface area contributed by atoms with Gasteiger partial charge in [-0.1, -0.05) is 30.3 Å². The van der Waals surface area contributed by atoms with E-state index in [1.807, 2.05) is 45.1 Å². The molecule has 9 nitrogen and oxygen atoms in total. The van der Waals surface area contributed by atoms with E-state index in [9.17, 15) is 9.59 Å². The van der Waals surface area contributed by atoms with Gasteiger partial charge in [-0.25, -0.2) is 9.78 Å². The van der Waals surface area contributed by atoms with Crippen LogP contribution in [0.25, 0.3) is 34.4 Å². The Morgan fingerprint density at radius 2 is 1.79 bits per heavy atom. The van der Waals surface area contributed by atoms with Crippen LogP contribution in [0.2, 0.25) is 0 Å². The number of aromatic nitrogens is 4. The monoisotopic (exact) mass is 512 g/mol. The Morgan fingerprint density at radius 3 is 2.50 bits per heavy atom. The number of nitrogens with zero attached hydrogens (tertiary/aromatic N) is 4. The molecule has 1 aromatic carbocycles. The van der Waals surface area contributed by atoms with E-state index >= 15 is 0 Å². The molecular weight excluding hydrogens is 480 g/mol. The van der Waals surface area contributed by atoms with E-state index in [-0.39, 0.29) is 11.7 Å². The van der Waals surface area contributed by atoms with Crippen molar-refractivity contribution in [3.63, 3.8) is 0 Å². The third-order valence-electron chi connectivity index (χ3n) is 6.38. The summed E-state index contributed by atoms with van der Waals surface area (Å²) in [7, 11) is 0. The van der Waals surface area contributed by atoms with Crippen molar-refractivity contribution in [2.24, 2.45) is 0 Å². The van der Waals surface area contributed by atoms with Gasteiger partial charge in [-0.2, -0.15) is 0 Å². The number of hydrogen-bond acceptors (Lipinski definition) is 6. The van der Waals surface area contributed by atoms with Crippen LogP contribution >= 0.6 is 0 Å². The van der Waals surface area contributed by atoms with Crippen molar-refractivity contribution in [2.75, 3.05) is 26.2 Å². The minimum atomic E-state index is -0.472. The van der Waals surface area contributed by atoms with E-state index < -0.39 is 5.60 Å². The Kier molecular flexibility index (Phi) is 7.11. The second-order valence-electron chi connectivity index (χ2n) is 10.5. The summed E-state index contributed by atoms with van der Waals surface area (Å²) < 4.78 is 5.49. The maximum absolute atomic E-state index is 12.3. The van der Waals surface area contributed by atoms with Gasteiger partial charge in [0.1, 0.15) is 11.2 Å². The van der Waals surface area contributed by atoms with Crippen LogP contribution in [-0.4, -0.2) is 67.6 Å². The van der Waals surface area contributed by atoms with Crippen molar-refractivity contribution in [3.8, 4) is 11.3 Å². The molecule has 3 aromatic heterocycles. The summed E-state index contributed by atoms with van der Waals surface area (Å²) in [6.07, 6.45) is 6.92. The lowest BCUT2D eigenvalue weighted by molar-refractivity contribution is 0.0139. The van der Waals surface area contributed by atoms with Gasteiger partial charge in [0.05, 0.1) is 17.4 Å². The summed E-state index contributed by atoms with van der Waals surface area (Å²) in [5.74, 6) is 0.